The van der Waals surface area contributed by atoms with Gasteiger partial charge >= 0.3 is 0 Å². The van der Waals surface area contributed by atoms with Crippen LogP contribution in [0.5, 0.6) is 5.88 Å². The highest BCUT2D eigenvalue weighted by Gasteiger charge is 2.70. The van der Waals surface area contributed by atoms with Crippen molar-refractivity contribution in [2.45, 2.75) is 16.7 Å². The Labute approximate surface area is 202 Å². The van der Waals surface area contributed by atoms with Gasteiger partial charge in [-0.3, -0.25) is 4.79 Å². The van der Waals surface area contributed by atoms with Crippen molar-refractivity contribution in [3.63, 3.8) is 0 Å². The van der Waals surface area contributed by atoms with Crippen LogP contribution < -0.4 is 15.8 Å². The summed E-state index contributed by atoms with van der Waals surface area (Å²) in [5, 5.41) is 2.74. The Balaban J connectivity index is 1.44. The van der Waals surface area contributed by atoms with E-state index in [4.69, 9.17) is 21.3 Å². The van der Waals surface area contributed by atoms with Gasteiger partial charge in [-0.05, 0) is 24.6 Å². The van der Waals surface area contributed by atoms with Gasteiger partial charge < -0.3 is 20.2 Å². The zero-order chi connectivity index (χ0) is 24.6. The number of nitrogens with two attached hydrogens (primary N) is 1. The van der Waals surface area contributed by atoms with Gasteiger partial charge in [0.05, 0.1) is 23.3 Å². The molecule has 12 heteroatoms. The van der Waals surface area contributed by atoms with E-state index < -0.39 is 34.6 Å². The summed E-state index contributed by atoms with van der Waals surface area (Å²) in [6.07, 6.45) is 10.9. The molecule has 0 unspecified atom stereocenters. The highest BCUT2D eigenvalue weighted by molar-refractivity contribution is 8.14. The first kappa shape index (κ1) is 22.8. The molecular weight excluding hydrogens is 478 g/mol. The number of oxazole rings is 1. The lowest BCUT2D eigenvalue weighted by atomic mass is 9.84. The van der Waals surface area contributed by atoms with Crippen LogP contribution in [0.2, 0.25) is 0 Å². The first-order valence-electron chi connectivity index (χ1n) is 10.4. The average Bonchev–Trinajstić information content (AvgIpc) is 3.34. The lowest BCUT2D eigenvalue weighted by molar-refractivity contribution is 0.102. The SMILES string of the molecule is C#CCOc1cnc(C(=O)Nc2ccc(F)c([C@@]3(CF)N=C(N)S[C@@]4(c5cnco5)C[C@@H]34)c2)cn1. The number of carbonyl (C=O) groups is 1. The summed E-state index contributed by atoms with van der Waals surface area (Å²) in [6, 6.07) is 3.87. The number of anilines is 1. The first-order chi connectivity index (χ1) is 16.9. The Kier molecular flexibility index (Phi) is 5.64. The number of amidine groups is 1. The molecule has 3 atom stereocenters. The lowest BCUT2D eigenvalue weighted by Crippen LogP contribution is -2.39. The fraction of sp³-hybridized carbons (Fsp3) is 0.261. The van der Waals surface area contributed by atoms with Gasteiger partial charge in [-0.1, -0.05) is 17.7 Å². The summed E-state index contributed by atoms with van der Waals surface area (Å²) in [5.74, 6) is 1.30. The van der Waals surface area contributed by atoms with E-state index >= 15 is 4.39 Å². The van der Waals surface area contributed by atoms with Crippen molar-refractivity contribution in [1.29, 1.82) is 0 Å². The molecule has 35 heavy (non-hydrogen) atoms. The van der Waals surface area contributed by atoms with E-state index in [1.807, 2.05) is 0 Å². The molecule has 0 radical (unpaired) electrons. The van der Waals surface area contributed by atoms with E-state index in [0.717, 1.165) is 6.07 Å². The highest BCUT2D eigenvalue weighted by Crippen LogP contribution is 2.71. The summed E-state index contributed by atoms with van der Waals surface area (Å²) in [5.41, 5.74) is 4.70. The zero-order valence-corrected chi connectivity index (χ0v) is 18.9. The molecule has 1 aliphatic carbocycles. The van der Waals surface area contributed by atoms with Crippen molar-refractivity contribution in [3.05, 3.63) is 66.0 Å². The number of aliphatic imine (C=N–C) groups is 1. The van der Waals surface area contributed by atoms with Crippen LogP contribution >= 0.6 is 11.8 Å². The number of nitrogens with zero attached hydrogens (tertiary/aromatic N) is 4. The van der Waals surface area contributed by atoms with Crippen LogP contribution in [0.3, 0.4) is 0 Å². The molecule has 1 fully saturated rings. The summed E-state index contributed by atoms with van der Waals surface area (Å²) < 4.78 is 39.8. The molecule has 2 aromatic heterocycles. The maximum absolute atomic E-state index is 15.1. The van der Waals surface area contributed by atoms with Crippen LogP contribution in [0.25, 0.3) is 0 Å². The summed E-state index contributed by atoms with van der Waals surface area (Å²) in [7, 11) is 0. The minimum absolute atomic E-state index is 0.00741. The van der Waals surface area contributed by atoms with Crippen LogP contribution in [0, 0.1) is 24.1 Å². The Morgan fingerprint density at radius 1 is 1.37 bits per heavy atom. The van der Waals surface area contributed by atoms with Crippen LogP contribution in [0.15, 0.2) is 52.6 Å². The number of ether oxygens (including phenoxy) is 1. The number of hydrogen-bond donors (Lipinski definition) is 2. The minimum Gasteiger partial charge on any atom is -0.463 e. The van der Waals surface area contributed by atoms with Crippen molar-refractivity contribution >= 4 is 28.5 Å². The molecular formula is C23H18F2N6O3S. The number of hydrogen-bond acceptors (Lipinski definition) is 9. The second-order valence-corrected chi connectivity index (χ2v) is 9.35. The maximum atomic E-state index is 15.1. The summed E-state index contributed by atoms with van der Waals surface area (Å²) >= 11 is 1.26. The second-order valence-electron chi connectivity index (χ2n) is 8.00. The number of amides is 1. The Morgan fingerprint density at radius 3 is 2.91 bits per heavy atom. The number of benzene rings is 1. The Hall–Kier alpha value is -3.98. The fourth-order valence-corrected chi connectivity index (χ4v) is 5.71. The van der Waals surface area contributed by atoms with E-state index in [1.54, 1.807) is 6.20 Å². The molecule has 1 amide bonds. The largest absolute Gasteiger partial charge is 0.463 e. The number of terminal acetylenes is 1. The van der Waals surface area contributed by atoms with E-state index in [-0.39, 0.29) is 34.6 Å². The van der Waals surface area contributed by atoms with E-state index in [0.29, 0.717) is 12.2 Å². The van der Waals surface area contributed by atoms with Crippen LogP contribution in [-0.2, 0) is 10.3 Å². The number of aromatic nitrogens is 3. The molecule has 3 N–H and O–H groups in total. The predicted molar refractivity (Wildman–Crippen MR) is 124 cm³/mol. The molecule has 1 aromatic carbocycles. The van der Waals surface area contributed by atoms with Gasteiger partial charge in [0.1, 0.15) is 29.5 Å². The topological polar surface area (TPSA) is 129 Å². The summed E-state index contributed by atoms with van der Waals surface area (Å²) in [6.45, 7) is -0.979. The Morgan fingerprint density at radius 2 is 2.23 bits per heavy atom. The molecule has 9 nitrogen and oxygen atoms in total. The van der Waals surface area contributed by atoms with Crippen LogP contribution in [0.4, 0.5) is 14.5 Å². The zero-order valence-electron chi connectivity index (χ0n) is 18.1. The van der Waals surface area contributed by atoms with Crippen molar-refractivity contribution in [1.82, 2.24) is 15.0 Å². The molecule has 2 aliphatic rings. The number of rotatable bonds is 7. The van der Waals surface area contributed by atoms with Gasteiger partial charge in [0.2, 0.25) is 5.88 Å². The van der Waals surface area contributed by atoms with E-state index in [9.17, 15) is 9.18 Å². The molecule has 1 saturated carbocycles. The second kappa shape index (κ2) is 8.66. The number of halogens is 2. The average molecular weight is 496 g/mol. The van der Waals surface area contributed by atoms with Gasteiger partial charge in [-0.25, -0.2) is 28.7 Å². The molecule has 178 valence electrons. The van der Waals surface area contributed by atoms with Crippen molar-refractivity contribution < 1.29 is 22.7 Å². The normalized spacial score (nSPS) is 24.6. The molecule has 3 heterocycles. The van der Waals surface area contributed by atoms with Gasteiger partial charge in [-0.15, -0.1) is 6.42 Å². The molecule has 1 aliphatic heterocycles. The monoisotopic (exact) mass is 496 g/mol. The van der Waals surface area contributed by atoms with Crippen LogP contribution in [0.1, 0.15) is 28.2 Å². The molecule has 5 rings (SSSR count). The number of nitrogens with one attached hydrogen (secondary N) is 1. The van der Waals surface area contributed by atoms with Gasteiger partial charge in [0.25, 0.3) is 5.91 Å². The molecule has 0 saturated heterocycles. The lowest BCUT2D eigenvalue weighted by Gasteiger charge is -2.34. The van der Waals surface area contributed by atoms with E-state index in [1.165, 1.54) is 42.7 Å². The van der Waals surface area contributed by atoms with E-state index in [2.05, 4.69) is 31.2 Å². The maximum Gasteiger partial charge on any atom is 0.275 e. The molecule has 0 bridgehead atoms. The van der Waals surface area contributed by atoms with Crippen LogP contribution in [-0.4, -0.2) is 39.3 Å². The smallest absolute Gasteiger partial charge is 0.275 e. The number of carbonyl (C=O) groups excluding carboxylic acids is 1. The highest BCUT2D eigenvalue weighted by atomic mass is 32.2. The molecule has 3 aromatic rings. The summed E-state index contributed by atoms with van der Waals surface area (Å²) in [4.78, 5) is 28.9. The van der Waals surface area contributed by atoms with Gasteiger partial charge in [0.15, 0.2) is 18.2 Å². The van der Waals surface area contributed by atoms with Crippen molar-refractivity contribution in [2.75, 3.05) is 18.6 Å². The van der Waals surface area contributed by atoms with Crippen molar-refractivity contribution in [3.8, 4) is 18.2 Å². The third kappa shape index (κ3) is 3.87. The minimum atomic E-state index is -1.58. The van der Waals surface area contributed by atoms with Crippen molar-refractivity contribution in [2.24, 2.45) is 16.6 Å². The van der Waals surface area contributed by atoms with Gasteiger partial charge in [0, 0.05) is 17.2 Å². The fourth-order valence-electron chi connectivity index (χ4n) is 4.34. The Bertz CT molecular complexity index is 1340. The third-order valence-electron chi connectivity index (χ3n) is 5.99. The molecule has 0 spiro atoms. The first-order valence-corrected chi connectivity index (χ1v) is 11.2. The predicted octanol–water partition coefficient (Wildman–Crippen LogP) is 3.01. The quantitative estimate of drug-likeness (QED) is 0.478. The standard InChI is InChI=1S/C23H18F2N6O3S/c1-2-5-33-19-10-28-16(8-29-19)20(32)30-13-3-4-15(25)14(6-13)22(11-24)17-7-23(17,35-21(26)31-22)18-9-27-12-34-18/h1,3-4,6,8-10,12,17H,5,7,11H2,(H2,26,31)(H,30,32)/t17-,22+,23-/m0/s1. The number of fused-ring (bicyclic) bond motifs is 1. The van der Waals surface area contributed by atoms with Gasteiger partial charge in [-0.2, -0.15) is 0 Å². The number of thioether (sulfide) groups is 1. The third-order valence-corrected chi connectivity index (χ3v) is 7.31. The number of alkyl halides is 1.